The monoisotopic (exact) mass is 334 g/mol. The predicted molar refractivity (Wildman–Crippen MR) is 78.2 cm³/mol. The summed E-state index contributed by atoms with van der Waals surface area (Å²) in [6, 6.07) is 0. The smallest absolute Gasteiger partial charge is 0.453 e. The molecule has 0 atom stereocenters. The zero-order valence-corrected chi connectivity index (χ0v) is 12.6. The van der Waals surface area contributed by atoms with Crippen LogP contribution in [-0.2, 0) is 4.74 Å². The van der Waals surface area contributed by atoms with Crippen LogP contribution >= 0.6 is 22.7 Å². The lowest BCUT2D eigenvalue weighted by atomic mass is 10.5. The number of anilines is 1. The second-order valence-corrected chi connectivity index (χ2v) is 5.20. The quantitative estimate of drug-likeness (QED) is 0.680. The van der Waals surface area contributed by atoms with Gasteiger partial charge >= 0.3 is 12.3 Å². The third-order valence-electron chi connectivity index (χ3n) is 2.07. The zero-order valence-electron chi connectivity index (χ0n) is 10.9. The van der Waals surface area contributed by atoms with E-state index in [1.165, 1.54) is 24.0 Å². The van der Waals surface area contributed by atoms with Crippen molar-refractivity contribution in [3.8, 4) is 0 Å². The molecule has 0 saturated heterocycles. The summed E-state index contributed by atoms with van der Waals surface area (Å²) in [5, 5.41) is 18.2. The Labute approximate surface area is 132 Å². The number of hydrogen-bond donors (Lipinski definition) is 1. The molecule has 0 aliphatic heterocycles. The molecular formula is C10H6N8O2S2. The van der Waals surface area contributed by atoms with Crippen LogP contribution in [0.25, 0.3) is 9.69 Å². The van der Waals surface area contributed by atoms with Gasteiger partial charge in [-0.1, -0.05) is 22.7 Å². The van der Waals surface area contributed by atoms with E-state index < -0.39 is 12.3 Å². The molecule has 2 aromatic rings. The molecule has 0 unspecified atom stereocenters. The number of amides is 1. The van der Waals surface area contributed by atoms with Crippen molar-refractivity contribution in [3.05, 3.63) is 33.4 Å². The first-order valence-electron chi connectivity index (χ1n) is 5.44. The lowest BCUT2D eigenvalue weighted by Gasteiger charge is -1.99. The van der Waals surface area contributed by atoms with Crippen LogP contribution in [-0.4, -0.2) is 28.4 Å². The average Bonchev–Trinajstić information content (AvgIpc) is 3.16. The molecule has 1 amide bonds. The summed E-state index contributed by atoms with van der Waals surface area (Å²) < 4.78 is 4.48. The van der Waals surface area contributed by atoms with Crippen molar-refractivity contribution in [1.82, 2.24) is 15.2 Å². The van der Waals surface area contributed by atoms with Crippen LogP contribution in [0, 0.1) is 13.1 Å². The fourth-order valence-electron chi connectivity index (χ4n) is 1.17. The topological polar surface area (TPSA) is 110 Å². The van der Waals surface area contributed by atoms with E-state index in [4.69, 9.17) is 13.1 Å². The molecule has 0 radical (unpaired) electrons. The molecule has 0 fully saturated rings. The third kappa shape index (κ3) is 3.57. The van der Waals surface area contributed by atoms with Gasteiger partial charge in [0.15, 0.2) is 10.8 Å². The normalized spacial score (nSPS) is 10.4. The Balaban J connectivity index is 2.35. The molecule has 0 aliphatic rings. The van der Waals surface area contributed by atoms with Gasteiger partial charge in [-0.25, -0.2) is 32.6 Å². The highest BCUT2D eigenvalue weighted by atomic mass is 32.1. The van der Waals surface area contributed by atoms with Crippen molar-refractivity contribution in [2.24, 2.45) is 10.2 Å². The Bertz CT molecular complexity index is 756. The van der Waals surface area contributed by atoms with Gasteiger partial charge in [0.25, 0.3) is 10.1 Å². The summed E-state index contributed by atoms with van der Waals surface area (Å²) in [4.78, 5) is 21.6. The minimum absolute atomic E-state index is 0.0671. The van der Waals surface area contributed by atoms with Gasteiger partial charge in [0, 0.05) is 0 Å². The number of hydrogen-bond acceptors (Lipinski definition) is 9. The maximum Gasteiger partial charge on any atom is 0.528 e. The SMILES string of the molecule is [C-]#[N+]C([N+]#[C-])c1nc(NC(=O)OC)c(/N=N/c2nncs2)s1. The second kappa shape index (κ2) is 7.16. The van der Waals surface area contributed by atoms with Gasteiger partial charge in [0.1, 0.15) is 5.51 Å². The van der Waals surface area contributed by atoms with Crippen LogP contribution in [0.4, 0.5) is 20.7 Å². The first kappa shape index (κ1) is 15.4. The highest BCUT2D eigenvalue weighted by molar-refractivity contribution is 7.16. The molecule has 0 aliphatic carbocycles. The van der Waals surface area contributed by atoms with Crippen LogP contribution in [0.2, 0.25) is 0 Å². The number of nitrogens with one attached hydrogen (secondary N) is 1. The Morgan fingerprint density at radius 2 is 2.23 bits per heavy atom. The molecule has 10 nitrogen and oxygen atoms in total. The van der Waals surface area contributed by atoms with E-state index in [1.54, 1.807) is 0 Å². The van der Waals surface area contributed by atoms with Crippen LogP contribution < -0.4 is 5.32 Å². The molecule has 1 N–H and O–H groups in total. The number of rotatable bonds is 4. The van der Waals surface area contributed by atoms with Gasteiger partial charge in [-0.2, -0.15) is 0 Å². The molecule has 0 bridgehead atoms. The number of thiazole rings is 1. The summed E-state index contributed by atoms with van der Waals surface area (Å²) >= 11 is 2.16. The third-order valence-corrected chi connectivity index (χ3v) is 3.63. The summed E-state index contributed by atoms with van der Waals surface area (Å²) in [5.74, 6) is 0.0671. The highest BCUT2D eigenvalue weighted by Crippen LogP contribution is 2.37. The molecule has 2 heterocycles. The lowest BCUT2D eigenvalue weighted by Crippen LogP contribution is -2.11. The van der Waals surface area contributed by atoms with Gasteiger partial charge in [0.05, 0.1) is 7.11 Å². The lowest BCUT2D eigenvalue weighted by molar-refractivity contribution is 0.187. The van der Waals surface area contributed by atoms with E-state index in [-0.39, 0.29) is 15.8 Å². The van der Waals surface area contributed by atoms with E-state index in [9.17, 15) is 4.79 Å². The largest absolute Gasteiger partial charge is 0.528 e. The Morgan fingerprint density at radius 3 is 2.82 bits per heavy atom. The fourth-order valence-corrected chi connectivity index (χ4v) is 2.37. The molecule has 2 rings (SSSR count). The van der Waals surface area contributed by atoms with Crippen LogP contribution in [0.5, 0.6) is 0 Å². The standard InChI is InChI=1S/C10H6N8O2S2/c1-11-5(12-2)7-14-6(15-10(19)20-3)8(22-7)16-18-9-17-13-4-21-9/h4-5H,3H3,(H,15,19)/b18-16+. The van der Waals surface area contributed by atoms with Gasteiger partial charge in [-0.05, 0) is 0 Å². The Hall–Kier alpha value is -2.96. The zero-order chi connectivity index (χ0) is 15.9. The maximum atomic E-state index is 11.3. The van der Waals surface area contributed by atoms with Crippen molar-refractivity contribution in [3.63, 3.8) is 0 Å². The molecule has 0 saturated carbocycles. The number of carbonyl (C=O) groups excluding carboxylic acids is 1. The van der Waals surface area contributed by atoms with E-state index in [0.717, 1.165) is 11.3 Å². The maximum absolute atomic E-state index is 11.3. The van der Waals surface area contributed by atoms with Crippen LogP contribution in [0.15, 0.2) is 15.7 Å². The van der Waals surface area contributed by atoms with Crippen molar-refractivity contribution < 1.29 is 9.53 Å². The van der Waals surface area contributed by atoms with Gasteiger partial charge in [0.2, 0.25) is 0 Å². The van der Waals surface area contributed by atoms with E-state index in [1.807, 2.05) is 0 Å². The number of methoxy groups -OCH3 is 1. The van der Waals surface area contributed by atoms with Gasteiger partial charge in [-0.3, -0.25) is 5.32 Å². The number of aromatic nitrogens is 3. The minimum atomic E-state index is -1.09. The summed E-state index contributed by atoms with van der Waals surface area (Å²) in [7, 11) is 1.20. The number of carbonyl (C=O) groups is 1. The second-order valence-electron chi connectivity index (χ2n) is 3.38. The molecule has 2 aromatic heterocycles. The molecule has 0 spiro atoms. The minimum Gasteiger partial charge on any atom is -0.453 e. The number of nitrogens with zero attached hydrogens (tertiary/aromatic N) is 7. The fraction of sp³-hybridized carbons (Fsp3) is 0.200. The molecular weight excluding hydrogens is 328 g/mol. The first-order valence-corrected chi connectivity index (χ1v) is 7.14. The number of azo groups is 1. The van der Waals surface area contributed by atoms with E-state index >= 15 is 0 Å². The molecule has 110 valence electrons. The predicted octanol–water partition coefficient (Wildman–Crippen LogP) is 3.43. The molecule has 22 heavy (non-hydrogen) atoms. The number of ether oxygens (including phenoxy) is 1. The van der Waals surface area contributed by atoms with Crippen LogP contribution in [0.1, 0.15) is 11.2 Å². The summed E-state index contributed by atoms with van der Waals surface area (Å²) in [6.45, 7) is 13.9. The highest BCUT2D eigenvalue weighted by Gasteiger charge is 2.28. The van der Waals surface area contributed by atoms with Crippen molar-refractivity contribution in [2.75, 3.05) is 12.4 Å². The molecule has 12 heteroatoms. The van der Waals surface area contributed by atoms with E-state index in [2.05, 4.69) is 45.2 Å². The summed E-state index contributed by atoms with van der Waals surface area (Å²) in [6.07, 6.45) is -1.83. The average molecular weight is 334 g/mol. The van der Waals surface area contributed by atoms with Gasteiger partial charge in [-0.15, -0.1) is 20.4 Å². The van der Waals surface area contributed by atoms with Crippen molar-refractivity contribution >= 4 is 44.7 Å². The Morgan fingerprint density at radius 1 is 1.45 bits per heavy atom. The summed E-state index contributed by atoms with van der Waals surface area (Å²) in [5.41, 5.74) is 1.49. The van der Waals surface area contributed by atoms with Crippen molar-refractivity contribution in [1.29, 1.82) is 0 Å². The first-order chi connectivity index (χ1) is 10.7. The van der Waals surface area contributed by atoms with Crippen molar-refractivity contribution in [2.45, 2.75) is 6.17 Å². The van der Waals surface area contributed by atoms with Crippen LogP contribution in [0.3, 0.4) is 0 Å². The molecule has 0 aromatic carbocycles. The van der Waals surface area contributed by atoms with Gasteiger partial charge < -0.3 is 4.74 Å². The Kier molecular flexibility index (Phi) is 5.02. The van der Waals surface area contributed by atoms with E-state index in [0.29, 0.717) is 5.13 Å².